The highest BCUT2D eigenvalue weighted by atomic mass is 19.4. The maximum Gasteiger partial charge on any atom is 0.416 e. The van der Waals surface area contributed by atoms with E-state index in [2.05, 4.69) is 20.9 Å². The minimum atomic E-state index is -4.48. The van der Waals surface area contributed by atoms with E-state index in [0.717, 1.165) is 24.1 Å². The van der Waals surface area contributed by atoms with Gasteiger partial charge in [-0.2, -0.15) is 13.2 Å². The van der Waals surface area contributed by atoms with Crippen LogP contribution in [0.3, 0.4) is 0 Å². The molecule has 1 aromatic heterocycles. The van der Waals surface area contributed by atoms with E-state index < -0.39 is 17.8 Å². The van der Waals surface area contributed by atoms with Gasteiger partial charge in [0.1, 0.15) is 0 Å². The molecule has 1 aliphatic heterocycles. The average Bonchev–Trinajstić information content (AvgIpc) is 3.16. The van der Waals surface area contributed by atoms with E-state index in [4.69, 9.17) is 5.11 Å². The number of fused-ring (bicyclic) bond motifs is 1. The molecule has 0 aliphatic carbocycles. The highest BCUT2D eigenvalue weighted by Crippen LogP contribution is 2.34. The summed E-state index contributed by atoms with van der Waals surface area (Å²) in [5, 5.41) is 17.8. The number of pyridine rings is 1. The maximum absolute atomic E-state index is 13.4. The average molecular weight is 556 g/mol. The van der Waals surface area contributed by atoms with Crippen molar-refractivity contribution >= 4 is 29.1 Å². The Balaban J connectivity index is 1.47. The van der Waals surface area contributed by atoms with Gasteiger partial charge in [-0.15, -0.1) is 0 Å². The fourth-order valence-corrected chi connectivity index (χ4v) is 4.38. The number of benzene rings is 2. The first kappa shape index (κ1) is 28.9. The molecule has 0 saturated heterocycles. The molecule has 0 bridgehead atoms. The molecule has 2 heterocycles. The molecule has 0 saturated carbocycles. The highest BCUT2D eigenvalue weighted by Gasteiger charge is 2.31. The molecule has 3 aromatic rings. The number of nitrogens with one attached hydrogen (secondary N) is 3. The Morgan fingerprint density at radius 1 is 1.02 bits per heavy atom. The Morgan fingerprint density at radius 2 is 1.85 bits per heavy atom. The van der Waals surface area contributed by atoms with Crippen molar-refractivity contribution < 1.29 is 27.9 Å². The number of alkyl halides is 3. The summed E-state index contributed by atoms with van der Waals surface area (Å²) in [5.41, 5.74) is 1.80. The molecule has 8 nitrogen and oxygen atoms in total. The number of carbonyl (C=O) groups is 2. The lowest BCUT2D eigenvalue weighted by atomic mass is 10.1. The summed E-state index contributed by atoms with van der Waals surface area (Å²) in [4.78, 5) is 31.5. The Kier molecular flexibility index (Phi) is 9.60. The van der Waals surface area contributed by atoms with Crippen molar-refractivity contribution in [3.05, 3.63) is 71.8 Å². The summed E-state index contributed by atoms with van der Waals surface area (Å²) in [6.45, 7) is 1.39. The topological polar surface area (TPSA) is 107 Å². The molecule has 212 valence electrons. The smallest absolute Gasteiger partial charge is 0.396 e. The molecule has 4 N–H and O–H groups in total. The zero-order chi connectivity index (χ0) is 28.5. The number of unbranched alkanes of at least 4 members (excludes halogenated alkanes) is 2. The van der Waals surface area contributed by atoms with Crippen LogP contribution in [0.15, 0.2) is 60.7 Å². The number of carbonyl (C=O) groups excluding carboxylic acids is 2. The van der Waals surface area contributed by atoms with E-state index in [1.54, 1.807) is 36.4 Å². The van der Waals surface area contributed by atoms with Gasteiger partial charge in [-0.1, -0.05) is 30.7 Å². The standard InChI is InChI=1S/C29H32F3N5O3/c30-29(31,32)22-9-5-8-21(18-22)24-12-13-25-27(36-24)37(15-6-14-33-25)28(40)35-23-10-4-7-20(17-23)19-34-26(39)11-2-1-3-16-38/h4-5,7-10,12-13,17-18,33,38H,1-3,6,11,14-16,19H2,(H,34,39)(H,35,40). The number of aliphatic hydroxyl groups is 1. The van der Waals surface area contributed by atoms with Crippen molar-refractivity contribution in [3.8, 4) is 11.3 Å². The number of hydrogen-bond donors (Lipinski definition) is 4. The van der Waals surface area contributed by atoms with Crippen LogP contribution in [-0.2, 0) is 17.5 Å². The number of urea groups is 1. The van der Waals surface area contributed by atoms with Crippen LogP contribution in [0.2, 0.25) is 0 Å². The zero-order valence-corrected chi connectivity index (χ0v) is 21.9. The van der Waals surface area contributed by atoms with E-state index in [9.17, 15) is 22.8 Å². The highest BCUT2D eigenvalue weighted by molar-refractivity contribution is 6.03. The summed E-state index contributed by atoms with van der Waals surface area (Å²) in [5.74, 6) is 0.248. The Morgan fingerprint density at radius 3 is 2.65 bits per heavy atom. The molecule has 2 aromatic carbocycles. The van der Waals surface area contributed by atoms with E-state index in [1.807, 2.05) is 6.07 Å². The summed E-state index contributed by atoms with van der Waals surface area (Å²) in [6, 6.07) is 15.0. The molecule has 0 radical (unpaired) electrons. The van der Waals surface area contributed by atoms with Gasteiger partial charge in [0.2, 0.25) is 5.91 Å². The van der Waals surface area contributed by atoms with Crippen LogP contribution in [0.4, 0.5) is 35.2 Å². The molecule has 0 atom stereocenters. The van der Waals surface area contributed by atoms with Crippen molar-refractivity contribution in [2.45, 2.75) is 44.8 Å². The van der Waals surface area contributed by atoms with Crippen LogP contribution >= 0.6 is 0 Å². The quantitative estimate of drug-likeness (QED) is 0.250. The fourth-order valence-electron chi connectivity index (χ4n) is 4.38. The lowest BCUT2D eigenvalue weighted by Gasteiger charge is -2.22. The van der Waals surface area contributed by atoms with Crippen molar-refractivity contribution in [1.82, 2.24) is 10.3 Å². The number of anilines is 3. The number of amides is 3. The molecule has 1 aliphatic rings. The first-order valence-electron chi connectivity index (χ1n) is 13.2. The van der Waals surface area contributed by atoms with Crippen molar-refractivity contribution in [3.63, 3.8) is 0 Å². The maximum atomic E-state index is 13.4. The van der Waals surface area contributed by atoms with Crippen LogP contribution in [-0.4, -0.2) is 41.7 Å². The van der Waals surface area contributed by atoms with Gasteiger partial charge in [-0.05, 0) is 61.2 Å². The van der Waals surface area contributed by atoms with E-state index >= 15 is 0 Å². The second-order valence-electron chi connectivity index (χ2n) is 9.52. The normalized spacial score (nSPS) is 13.2. The van der Waals surface area contributed by atoms with E-state index in [1.165, 1.54) is 11.0 Å². The SMILES string of the molecule is O=C(CCCCCO)NCc1cccc(NC(=O)N2CCCNc3ccc(-c4cccc(C(F)(F)F)c4)nc32)c1. The second kappa shape index (κ2) is 13.3. The van der Waals surface area contributed by atoms with Crippen LogP contribution in [0.1, 0.15) is 43.2 Å². The summed E-state index contributed by atoms with van der Waals surface area (Å²) >= 11 is 0. The van der Waals surface area contributed by atoms with Gasteiger partial charge in [0.05, 0.1) is 16.9 Å². The minimum Gasteiger partial charge on any atom is -0.396 e. The number of halogens is 3. The van der Waals surface area contributed by atoms with Crippen molar-refractivity contribution in [1.29, 1.82) is 0 Å². The van der Waals surface area contributed by atoms with E-state index in [-0.39, 0.29) is 12.5 Å². The molecule has 3 amide bonds. The Hall–Kier alpha value is -4.12. The van der Waals surface area contributed by atoms with Gasteiger partial charge < -0.3 is 21.1 Å². The van der Waals surface area contributed by atoms with Crippen LogP contribution in [0.25, 0.3) is 11.3 Å². The predicted molar refractivity (Wildman–Crippen MR) is 148 cm³/mol. The summed E-state index contributed by atoms with van der Waals surface area (Å²) in [6.07, 6.45) is -1.28. The fraction of sp³-hybridized carbons (Fsp3) is 0.345. The molecular formula is C29H32F3N5O3. The summed E-state index contributed by atoms with van der Waals surface area (Å²) < 4.78 is 39.8. The molecule has 11 heteroatoms. The lowest BCUT2D eigenvalue weighted by molar-refractivity contribution is -0.137. The number of nitrogens with zero attached hydrogens (tertiary/aromatic N) is 2. The third-order valence-electron chi connectivity index (χ3n) is 6.47. The Labute approximate surface area is 230 Å². The number of aliphatic hydroxyl groups excluding tert-OH is 1. The van der Waals surface area contributed by atoms with Crippen molar-refractivity contribution in [2.75, 3.05) is 35.2 Å². The molecule has 0 fully saturated rings. The molecular weight excluding hydrogens is 523 g/mol. The second-order valence-corrected chi connectivity index (χ2v) is 9.52. The van der Waals surface area contributed by atoms with Crippen molar-refractivity contribution in [2.24, 2.45) is 0 Å². The van der Waals surface area contributed by atoms with E-state index in [0.29, 0.717) is 73.8 Å². The first-order valence-corrected chi connectivity index (χ1v) is 13.2. The van der Waals surface area contributed by atoms with Crippen LogP contribution < -0.4 is 20.9 Å². The molecule has 40 heavy (non-hydrogen) atoms. The summed E-state index contributed by atoms with van der Waals surface area (Å²) in [7, 11) is 0. The molecule has 4 rings (SSSR count). The largest absolute Gasteiger partial charge is 0.416 e. The van der Waals surface area contributed by atoms with Gasteiger partial charge in [0.25, 0.3) is 0 Å². The van der Waals surface area contributed by atoms with Gasteiger partial charge in [0, 0.05) is 43.9 Å². The van der Waals surface area contributed by atoms with Crippen LogP contribution in [0, 0.1) is 0 Å². The first-order chi connectivity index (χ1) is 19.2. The van der Waals surface area contributed by atoms with Crippen LogP contribution in [0.5, 0.6) is 0 Å². The third-order valence-corrected chi connectivity index (χ3v) is 6.47. The monoisotopic (exact) mass is 555 g/mol. The molecule has 0 spiro atoms. The zero-order valence-electron chi connectivity index (χ0n) is 21.9. The van der Waals surface area contributed by atoms with Gasteiger partial charge in [-0.3, -0.25) is 9.69 Å². The minimum absolute atomic E-state index is 0.0799. The number of hydrogen-bond acceptors (Lipinski definition) is 5. The van der Waals surface area contributed by atoms with Gasteiger partial charge >= 0.3 is 12.2 Å². The van der Waals surface area contributed by atoms with Gasteiger partial charge in [0.15, 0.2) is 5.82 Å². The third kappa shape index (κ3) is 7.72. The number of aromatic nitrogens is 1. The Bertz CT molecular complexity index is 1330. The van der Waals surface area contributed by atoms with Gasteiger partial charge in [-0.25, -0.2) is 9.78 Å². The number of rotatable bonds is 9. The molecule has 0 unspecified atom stereocenters. The predicted octanol–water partition coefficient (Wildman–Crippen LogP) is 5.79. The lowest BCUT2D eigenvalue weighted by Crippen LogP contribution is -2.36.